The summed E-state index contributed by atoms with van der Waals surface area (Å²) in [6, 6.07) is 7.08. The highest BCUT2D eigenvalue weighted by Crippen LogP contribution is 2.10. The Morgan fingerprint density at radius 3 is 2.32 bits per heavy atom. The Morgan fingerprint density at radius 2 is 1.84 bits per heavy atom. The zero-order valence-corrected chi connectivity index (χ0v) is 11.5. The molecule has 4 nitrogen and oxygen atoms in total. The molecule has 0 radical (unpaired) electrons. The lowest BCUT2D eigenvalue weighted by Gasteiger charge is -2.16. The van der Waals surface area contributed by atoms with Crippen molar-refractivity contribution < 1.29 is 14.7 Å². The number of carbonyl (C=O) groups excluding carboxylic acids is 1. The molecule has 0 bridgehead atoms. The van der Waals surface area contributed by atoms with Crippen LogP contribution in [0.5, 0.6) is 0 Å². The molecule has 104 valence electrons. The molecule has 4 heteroatoms. The van der Waals surface area contributed by atoms with Crippen LogP contribution in [0.4, 0.5) is 0 Å². The van der Waals surface area contributed by atoms with Crippen LogP contribution in [0.3, 0.4) is 0 Å². The Hall–Kier alpha value is -1.68. The number of rotatable bonds is 8. The number of benzene rings is 1. The monoisotopic (exact) mass is 263 g/mol. The van der Waals surface area contributed by atoms with Gasteiger partial charge in [0.05, 0.1) is 6.04 Å². The first-order chi connectivity index (χ1) is 9.08. The van der Waals surface area contributed by atoms with Crippen molar-refractivity contribution in [3.8, 4) is 0 Å². The van der Waals surface area contributed by atoms with Gasteiger partial charge in [0.25, 0.3) is 0 Å². The van der Waals surface area contributed by atoms with Crippen LogP contribution >= 0.6 is 0 Å². The van der Waals surface area contributed by atoms with Gasteiger partial charge >= 0.3 is 5.97 Å². The molecular formula is C15H21NO3. The SMILES string of the molecule is CCNC(CCC(=O)O)C(=O)c1ccc(CC)cc1. The largest absolute Gasteiger partial charge is 0.481 e. The number of hydrogen-bond acceptors (Lipinski definition) is 3. The van der Waals surface area contributed by atoms with Crippen molar-refractivity contribution in [2.75, 3.05) is 6.54 Å². The molecule has 0 amide bonds. The second kappa shape index (κ2) is 7.69. The fraction of sp³-hybridized carbons (Fsp3) is 0.467. The first-order valence-electron chi connectivity index (χ1n) is 6.66. The van der Waals surface area contributed by atoms with Crippen molar-refractivity contribution in [2.45, 2.75) is 39.2 Å². The molecule has 1 atom stereocenters. The number of carboxylic acid groups (broad SMARTS) is 1. The van der Waals surface area contributed by atoms with E-state index in [4.69, 9.17) is 5.11 Å². The molecule has 19 heavy (non-hydrogen) atoms. The number of hydrogen-bond donors (Lipinski definition) is 2. The van der Waals surface area contributed by atoms with Crippen LogP contribution in [0, 0.1) is 0 Å². The van der Waals surface area contributed by atoms with Gasteiger partial charge in [-0.15, -0.1) is 0 Å². The van der Waals surface area contributed by atoms with Gasteiger partial charge in [0.1, 0.15) is 0 Å². The second-order valence-corrected chi connectivity index (χ2v) is 4.46. The van der Waals surface area contributed by atoms with Crippen molar-refractivity contribution in [2.24, 2.45) is 0 Å². The average Bonchev–Trinajstić information content (AvgIpc) is 2.42. The van der Waals surface area contributed by atoms with E-state index >= 15 is 0 Å². The topological polar surface area (TPSA) is 66.4 Å². The van der Waals surface area contributed by atoms with E-state index in [1.54, 1.807) is 0 Å². The third kappa shape index (κ3) is 4.83. The number of aliphatic carboxylic acids is 1. The third-order valence-electron chi connectivity index (χ3n) is 3.06. The molecule has 1 unspecified atom stereocenters. The highest BCUT2D eigenvalue weighted by molar-refractivity contribution is 6.00. The lowest BCUT2D eigenvalue weighted by atomic mass is 9.98. The van der Waals surface area contributed by atoms with Crippen LogP contribution in [-0.2, 0) is 11.2 Å². The Bertz CT molecular complexity index is 426. The van der Waals surface area contributed by atoms with Gasteiger partial charge in [-0.05, 0) is 24.9 Å². The van der Waals surface area contributed by atoms with Crippen LogP contribution < -0.4 is 5.32 Å². The summed E-state index contributed by atoms with van der Waals surface area (Å²) in [5.41, 5.74) is 1.82. The van der Waals surface area contributed by atoms with E-state index in [1.807, 2.05) is 31.2 Å². The molecule has 0 heterocycles. The van der Waals surface area contributed by atoms with Crippen molar-refractivity contribution in [3.63, 3.8) is 0 Å². The van der Waals surface area contributed by atoms with E-state index in [9.17, 15) is 9.59 Å². The summed E-state index contributed by atoms with van der Waals surface area (Å²) in [6.07, 6.45) is 1.25. The maximum atomic E-state index is 12.3. The van der Waals surface area contributed by atoms with E-state index in [0.717, 1.165) is 6.42 Å². The Balaban J connectivity index is 2.76. The summed E-state index contributed by atoms with van der Waals surface area (Å²) in [4.78, 5) is 22.9. The molecule has 2 N–H and O–H groups in total. The summed E-state index contributed by atoms with van der Waals surface area (Å²) < 4.78 is 0. The number of likely N-dealkylation sites (N-methyl/N-ethyl adjacent to an activating group) is 1. The van der Waals surface area contributed by atoms with Gasteiger partial charge in [0.2, 0.25) is 0 Å². The highest BCUT2D eigenvalue weighted by atomic mass is 16.4. The fourth-order valence-electron chi connectivity index (χ4n) is 1.95. The van der Waals surface area contributed by atoms with Crippen molar-refractivity contribution in [1.29, 1.82) is 0 Å². The molecule has 0 aliphatic rings. The summed E-state index contributed by atoms with van der Waals surface area (Å²) >= 11 is 0. The third-order valence-corrected chi connectivity index (χ3v) is 3.06. The second-order valence-electron chi connectivity index (χ2n) is 4.46. The quantitative estimate of drug-likeness (QED) is 0.706. The van der Waals surface area contributed by atoms with Crippen molar-refractivity contribution in [1.82, 2.24) is 5.32 Å². The first-order valence-corrected chi connectivity index (χ1v) is 6.66. The minimum atomic E-state index is -0.878. The predicted molar refractivity (Wildman–Crippen MR) is 74.5 cm³/mol. The van der Waals surface area contributed by atoms with E-state index < -0.39 is 12.0 Å². The van der Waals surface area contributed by atoms with Crippen LogP contribution in [0.1, 0.15) is 42.6 Å². The molecular weight excluding hydrogens is 242 g/mol. The molecule has 0 aliphatic carbocycles. The number of Topliss-reactive ketones (excluding diaryl/α,β-unsaturated/α-hetero) is 1. The van der Waals surface area contributed by atoms with Gasteiger partial charge in [0, 0.05) is 12.0 Å². The van der Waals surface area contributed by atoms with Gasteiger partial charge in [-0.25, -0.2) is 0 Å². The number of carbonyl (C=O) groups is 2. The van der Waals surface area contributed by atoms with Crippen LogP contribution in [0.15, 0.2) is 24.3 Å². The predicted octanol–water partition coefficient (Wildman–Crippen LogP) is 2.27. The maximum absolute atomic E-state index is 12.3. The minimum Gasteiger partial charge on any atom is -0.481 e. The summed E-state index contributed by atoms with van der Waals surface area (Å²) in [6.45, 7) is 4.61. The normalized spacial score (nSPS) is 12.1. The summed E-state index contributed by atoms with van der Waals surface area (Å²) in [7, 11) is 0. The maximum Gasteiger partial charge on any atom is 0.303 e. The number of ketones is 1. The van der Waals surface area contributed by atoms with Gasteiger partial charge in [0.15, 0.2) is 5.78 Å². The van der Waals surface area contributed by atoms with Crippen molar-refractivity contribution >= 4 is 11.8 Å². The standard InChI is InChI=1S/C15H21NO3/c1-3-11-5-7-12(8-6-11)15(19)13(16-4-2)9-10-14(17)18/h5-8,13,16H,3-4,9-10H2,1-2H3,(H,17,18). The molecule has 1 aromatic rings. The van der Waals surface area contributed by atoms with Crippen LogP contribution in [-0.4, -0.2) is 29.4 Å². The first kappa shape index (κ1) is 15.4. The summed E-state index contributed by atoms with van der Waals surface area (Å²) in [5.74, 6) is -0.914. The van der Waals surface area contributed by atoms with E-state index in [1.165, 1.54) is 5.56 Å². The molecule has 1 rings (SSSR count). The Morgan fingerprint density at radius 1 is 1.21 bits per heavy atom. The number of nitrogens with one attached hydrogen (secondary N) is 1. The van der Waals surface area contributed by atoms with Gasteiger partial charge in [-0.2, -0.15) is 0 Å². The molecule has 0 saturated carbocycles. The van der Waals surface area contributed by atoms with E-state index in [0.29, 0.717) is 18.5 Å². The average molecular weight is 263 g/mol. The van der Waals surface area contributed by atoms with Crippen molar-refractivity contribution in [3.05, 3.63) is 35.4 Å². The van der Waals surface area contributed by atoms with Crippen LogP contribution in [0.25, 0.3) is 0 Å². The Labute approximate surface area is 113 Å². The smallest absolute Gasteiger partial charge is 0.303 e. The summed E-state index contributed by atoms with van der Waals surface area (Å²) in [5, 5.41) is 11.8. The zero-order valence-electron chi connectivity index (χ0n) is 11.5. The van der Waals surface area contributed by atoms with Gasteiger partial charge < -0.3 is 10.4 Å². The molecule has 0 fully saturated rings. The molecule has 0 aromatic heterocycles. The van der Waals surface area contributed by atoms with Crippen LogP contribution in [0.2, 0.25) is 0 Å². The molecule has 0 spiro atoms. The molecule has 1 aromatic carbocycles. The molecule has 0 saturated heterocycles. The lowest BCUT2D eigenvalue weighted by Crippen LogP contribution is -2.37. The molecule has 0 aliphatic heterocycles. The van der Waals surface area contributed by atoms with Gasteiger partial charge in [-0.3, -0.25) is 9.59 Å². The number of carboxylic acids is 1. The fourth-order valence-corrected chi connectivity index (χ4v) is 1.95. The van der Waals surface area contributed by atoms with E-state index in [2.05, 4.69) is 12.2 Å². The van der Waals surface area contributed by atoms with E-state index in [-0.39, 0.29) is 12.2 Å². The lowest BCUT2D eigenvalue weighted by molar-refractivity contribution is -0.137. The van der Waals surface area contributed by atoms with Gasteiger partial charge in [-0.1, -0.05) is 38.1 Å². The highest BCUT2D eigenvalue weighted by Gasteiger charge is 2.19. The number of aryl methyl sites for hydroxylation is 1. The zero-order chi connectivity index (χ0) is 14.3. The Kier molecular flexibility index (Phi) is 6.22. The minimum absolute atomic E-state index is 0.00352.